The summed E-state index contributed by atoms with van der Waals surface area (Å²) in [5, 5.41) is 1.23. The summed E-state index contributed by atoms with van der Waals surface area (Å²) in [6.45, 7) is 2.04. The minimum absolute atomic E-state index is 0.851. The first-order valence-electron chi connectivity index (χ1n) is 6.55. The minimum Gasteiger partial charge on any atom is -0.399 e. The van der Waals surface area contributed by atoms with Crippen LogP contribution >= 0.6 is 11.8 Å². The van der Waals surface area contributed by atoms with Gasteiger partial charge in [-0.15, -0.1) is 11.8 Å². The summed E-state index contributed by atoms with van der Waals surface area (Å²) in [5.74, 6) is 0.937. The van der Waals surface area contributed by atoms with Gasteiger partial charge in [0, 0.05) is 27.9 Å². The molecule has 0 amide bonds. The van der Waals surface area contributed by atoms with Crippen molar-refractivity contribution in [3.63, 3.8) is 0 Å². The van der Waals surface area contributed by atoms with Crippen LogP contribution in [0.4, 0.5) is 5.69 Å². The lowest BCUT2D eigenvalue weighted by atomic mass is 10.1. The number of nitrogens with zero attached hydrogens (tertiary/aromatic N) is 1. The van der Waals surface area contributed by atoms with Crippen molar-refractivity contribution in [2.75, 3.05) is 5.73 Å². The fourth-order valence-corrected chi connectivity index (χ4v) is 3.18. The summed E-state index contributed by atoms with van der Waals surface area (Å²) in [4.78, 5) is 5.64. The predicted molar refractivity (Wildman–Crippen MR) is 86.9 cm³/mol. The lowest BCUT2D eigenvalue weighted by Gasteiger charge is -2.07. The zero-order chi connectivity index (χ0) is 13.9. The van der Waals surface area contributed by atoms with Crippen molar-refractivity contribution in [1.29, 1.82) is 0 Å². The van der Waals surface area contributed by atoms with Gasteiger partial charge in [0.1, 0.15) is 0 Å². The van der Waals surface area contributed by atoms with E-state index in [0.29, 0.717) is 0 Å². The molecule has 20 heavy (non-hydrogen) atoms. The summed E-state index contributed by atoms with van der Waals surface area (Å²) in [6.07, 6.45) is 1.88. The standard InChI is InChI=1S/C17H16N2S/c1-12-10-14(6-7-16(12)18)20-11-13-8-9-19-17-5-3-2-4-15(13)17/h2-10H,11,18H2,1H3. The Morgan fingerprint density at radius 1 is 1.10 bits per heavy atom. The van der Waals surface area contributed by atoms with E-state index in [4.69, 9.17) is 5.73 Å². The number of hydrogen-bond donors (Lipinski definition) is 1. The lowest BCUT2D eigenvalue weighted by Crippen LogP contribution is -1.90. The van der Waals surface area contributed by atoms with Crippen LogP contribution in [0.25, 0.3) is 10.9 Å². The second-order valence-electron chi connectivity index (χ2n) is 4.79. The van der Waals surface area contributed by atoms with Gasteiger partial charge in [0.25, 0.3) is 0 Å². The van der Waals surface area contributed by atoms with Crippen LogP contribution in [0.3, 0.4) is 0 Å². The molecule has 0 fully saturated rings. The van der Waals surface area contributed by atoms with Crippen LogP contribution in [0.1, 0.15) is 11.1 Å². The van der Waals surface area contributed by atoms with E-state index in [9.17, 15) is 0 Å². The Morgan fingerprint density at radius 2 is 1.95 bits per heavy atom. The van der Waals surface area contributed by atoms with E-state index in [0.717, 1.165) is 22.5 Å². The smallest absolute Gasteiger partial charge is 0.0705 e. The van der Waals surface area contributed by atoms with Crippen molar-refractivity contribution >= 4 is 28.4 Å². The van der Waals surface area contributed by atoms with Gasteiger partial charge in [-0.05, 0) is 48.4 Å². The molecule has 2 aromatic carbocycles. The van der Waals surface area contributed by atoms with Crippen LogP contribution in [0.2, 0.25) is 0 Å². The van der Waals surface area contributed by atoms with Crippen LogP contribution in [0.5, 0.6) is 0 Å². The summed E-state index contributed by atoms with van der Waals surface area (Å²) in [7, 11) is 0. The van der Waals surface area contributed by atoms with E-state index < -0.39 is 0 Å². The van der Waals surface area contributed by atoms with E-state index in [2.05, 4.69) is 41.4 Å². The Hall–Kier alpha value is -2.00. The molecule has 0 atom stereocenters. The summed E-state index contributed by atoms with van der Waals surface area (Å²) in [5.41, 5.74) is 10.2. The number of aromatic nitrogens is 1. The maximum absolute atomic E-state index is 5.85. The maximum Gasteiger partial charge on any atom is 0.0705 e. The minimum atomic E-state index is 0.851. The van der Waals surface area contributed by atoms with Gasteiger partial charge in [-0.25, -0.2) is 0 Å². The fourth-order valence-electron chi connectivity index (χ4n) is 2.18. The molecule has 2 nitrogen and oxygen atoms in total. The molecule has 100 valence electrons. The van der Waals surface area contributed by atoms with Crippen molar-refractivity contribution in [3.05, 3.63) is 65.9 Å². The molecular weight excluding hydrogens is 264 g/mol. The van der Waals surface area contributed by atoms with E-state index in [1.54, 1.807) is 0 Å². The molecule has 0 bridgehead atoms. The van der Waals surface area contributed by atoms with E-state index in [-0.39, 0.29) is 0 Å². The number of para-hydroxylation sites is 1. The molecule has 0 spiro atoms. The number of fused-ring (bicyclic) bond motifs is 1. The van der Waals surface area contributed by atoms with Crippen molar-refractivity contribution in [1.82, 2.24) is 4.98 Å². The van der Waals surface area contributed by atoms with Gasteiger partial charge < -0.3 is 5.73 Å². The zero-order valence-electron chi connectivity index (χ0n) is 11.3. The van der Waals surface area contributed by atoms with E-state index >= 15 is 0 Å². The van der Waals surface area contributed by atoms with Crippen molar-refractivity contribution in [3.8, 4) is 0 Å². The molecular formula is C17H16N2S. The molecule has 3 heteroatoms. The molecule has 3 rings (SSSR count). The highest BCUT2D eigenvalue weighted by molar-refractivity contribution is 7.98. The number of rotatable bonds is 3. The molecule has 0 saturated heterocycles. The number of benzene rings is 2. The number of nitrogens with two attached hydrogens (primary N) is 1. The van der Waals surface area contributed by atoms with Crippen molar-refractivity contribution in [2.45, 2.75) is 17.6 Å². The van der Waals surface area contributed by atoms with Gasteiger partial charge in [-0.2, -0.15) is 0 Å². The molecule has 1 heterocycles. The molecule has 0 aliphatic rings. The van der Waals surface area contributed by atoms with Gasteiger partial charge in [0.05, 0.1) is 5.52 Å². The van der Waals surface area contributed by atoms with Gasteiger partial charge >= 0.3 is 0 Å². The van der Waals surface area contributed by atoms with Crippen LogP contribution in [-0.4, -0.2) is 4.98 Å². The molecule has 2 N–H and O–H groups in total. The second-order valence-corrected chi connectivity index (χ2v) is 5.84. The first-order chi connectivity index (χ1) is 9.74. The molecule has 0 radical (unpaired) electrons. The predicted octanol–water partition coefficient (Wildman–Crippen LogP) is 4.42. The fraction of sp³-hybridized carbons (Fsp3) is 0.118. The van der Waals surface area contributed by atoms with Crippen LogP contribution in [-0.2, 0) is 5.75 Å². The zero-order valence-corrected chi connectivity index (χ0v) is 12.2. The Balaban J connectivity index is 1.85. The summed E-state index contributed by atoms with van der Waals surface area (Å²) < 4.78 is 0. The van der Waals surface area contributed by atoms with E-state index in [1.165, 1.54) is 15.8 Å². The Labute approximate surface area is 123 Å². The Kier molecular flexibility index (Phi) is 3.61. The third-order valence-corrected chi connectivity index (χ3v) is 4.42. The summed E-state index contributed by atoms with van der Waals surface area (Å²) >= 11 is 1.83. The molecule has 0 unspecified atom stereocenters. The normalized spacial score (nSPS) is 10.8. The number of thioether (sulfide) groups is 1. The summed E-state index contributed by atoms with van der Waals surface area (Å²) in [6, 6.07) is 16.6. The Bertz CT molecular complexity index is 748. The molecule has 3 aromatic rings. The second kappa shape index (κ2) is 5.55. The highest BCUT2D eigenvalue weighted by Gasteiger charge is 2.03. The number of pyridine rings is 1. The van der Waals surface area contributed by atoms with Gasteiger partial charge in [0.15, 0.2) is 0 Å². The van der Waals surface area contributed by atoms with Crippen LogP contribution in [0.15, 0.2) is 59.6 Å². The number of nitrogen functional groups attached to an aromatic ring is 1. The topological polar surface area (TPSA) is 38.9 Å². The van der Waals surface area contributed by atoms with Crippen molar-refractivity contribution in [2.24, 2.45) is 0 Å². The number of anilines is 1. The SMILES string of the molecule is Cc1cc(SCc2ccnc3ccccc23)ccc1N. The lowest BCUT2D eigenvalue weighted by molar-refractivity contribution is 1.33. The first-order valence-corrected chi connectivity index (χ1v) is 7.54. The highest BCUT2D eigenvalue weighted by Crippen LogP contribution is 2.28. The van der Waals surface area contributed by atoms with E-state index in [1.807, 2.05) is 37.0 Å². The average Bonchev–Trinajstić information content (AvgIpc) is 2.48. The highest BCUT2D eigenvalue weighted by atomic mass is 32.2. The molecule has 0 aliphatic heterocycles. The van der Waals surface area contributed by atoms with Gasteiger partial charge in [-0.1, -0.05) is 18.2 Å². The molecule has 0 saturated carbocycles. The van der Waals surface area contributed by atoms with Crippen molar-refractivity contribution < 1.29 is 0 Å². The van der Waals surface area contributed by atoms with Gasteiger partial charge in [-0.3, -0.25) is 4.98 Å². The quantitative estimate of drug-likeness (QED) is 0.570. The molecule has 1 aromatic heterocycles. The third-order valence-electron chi connectivity index (χ3n) is 3.37. The Morgan fingerprint density at radius 3 is 2.80 bits per heavy atom. The molecule has 0 aliphatic carbocycles. The monoisotopic (exact) mass is 280 g/mol. The average molecular weight is 280 g/mol. The van der Waals surface area contributed by atoms with Crippen LogP contribution in [0, 0.1) is 6.92 Å². The third kappa shape index (κ3) is 2.63. The van der Waals surface area contributed by atoms with Gasteiger partial charge in [0.2, 0.25) is 0 Å². The maximum atomic E-state index is 5.85. The number of hydrogen-bond acceptors (Lipinski definition) is 3. The number of aryl methyl sites for hydroxylation is 1. The largest absolute Gasteiger partial charge is 0.399 e. The van der Waals surface area contributed by atoms with Crippen LogP contribution < -0.4 is 5.73 Å². The first kappa shape index (κ1) is 13.0.